The highest BCUT2D eigenvalue weighted by Crippen LogP contribution is 2.33. The summed E-state index contributed by atoms with van der Waals surface area (Å²) in [5.74, 6) is 0.521. The van der Waals surface area contributed by atoms with E-state index >= 15 is 0 Å². The van der Waals surface area contributed by atoms with Crippen molar-refractivity contribution in [3.63, 3.8) is 0 Å². The normalized spacial score (nSPS) is 12.6. The van der Waals surface area contributed by atoms with Gasteiger partial charge in [0.25, 0.3) is 0 Å². The minimum Gasteiger partial charge on any atom is -0.491 e. The van der Waals surface area contributed by atoms with Crippen molar-refractivity contribution >= 4 is 11.9 Å². The van der Waals surface area contributed by atoms with Gasteiger partial charge in [-0.05, 0) is 62.1 Å². The van der Waals surface area contributed by atoms with Gasteiger partial charge in [0.15, 0.2) is 0 Å². The van der Waals surface area contributed by atoms with Crippen LogP contribution in [0.4, 0.5) is 0 Å². The number of esters is 2. The van der Waals surface area contributed by atoms with Crippen molar-refractivity contribution in [1.82, 2.24) is 0 Å². The van der Waals surface area contributed by atoms with Crippen LogP contribution in [0.1, 0.15) is 65.5 Å². The maximum atomic E-state index is 11.8. The number of rotatable bonds is 20. The first-order valence-corrected chi connectivity index (χ1v) is 14.8. The molecule has 0 fully saturated rings. The highest BCUT2D eigenvalue weighted by atomic mass is 16.6. The summed E-state index contributed by atoms with van der Waals surface area (Å²) < 4.78 is 34.0. The lowest BCUT2D eigenvalue weighted by Gasteiger charge is -2.27. The van der Waals surface area contributed by atoms with Crippen molar-refractivity contribution in [2.24, 2.45) is 0 Å². The molecular formula is C35H48O8. The van der Waals surface area contributed by atoms with Crippen LogP contribution < -0.4 is 9.47 Å². The Morgan fingerprint density at radius 1 is 0.651 bits per heavy atom. The molecule has 0 aliphatic carbocycles. The van der Waals surface area contributed by atoms with Crippen LogP contribution in [0, 0.1) is 0 Å². The van der Waals surface area contributed by atoms with E-state index in [-0.39, 0.29) is 44.1 Å². The number of benzene rings is 2. The molecule has 0 N–H and O–H groups in total. The molecule has 2 aromatic carbocycles. The van der Waals surface area contributed by atoms with Gasteiger partial charge in [0, 0.05) is 29.8 Å². The monoisotopic (exact) mass is 596 g/mol. The summed E-state index contributed by atoms with van der Waals surface area (Å²) >= 11 is 0. The Bertz CT molecular complexity index is 1080. The summed E-state index contributed by atoms with van der Waals surface area (Å²) in [6.45, 7) is 20.6. The van der Waals surface area contributed by atoms with Gasteiger partial charge in [0.1, 0.15) is 50.1 Å². The largest absolute Gasteiger partial charge is 0.491 e. The number of ether oxygens (including phenoxy) is 6. The van der Waals surface area contributed by atoms with Crippen LogP contribution in [-0.2, 0) is 34.0 Å². The topological polar surface area (TPSA) is 89.5 Å². The maximum Gasteiger partial charge on any atom is 0.333 e. The zero-order valence-electron chi connectivity index (χ0n) is 26.6. The third kappa shape index (κ3) is 12.3. The predicted octanol–water partition coefficient (Wildman–Crippen LogP) is 6.60. The van der Waals surface area contributed by atoms with E-state index in [2.05, 4.69) is 27.0 Å². The molecule has 8 nitrogen and oxygen atoms in total. The average Bonchev–Trinajstić information content (AvgIpc) is 3.00. The lowest BCUT2D eigenvalue weighted by atomic mass is 9.78. The predicted molar refractivity (Wildman–Crippen MR) is 168 cm³/mol. The Balaban J connectivity index is 1.97. The minimum atomic E-state index is -0.442. The molecule has 2 unspecified atom stereocenters. The fraction of sp³-hybridized carbons (Fsp3) is 0.486. The number of carbonyl (C=O) groups is 2. The standard InChI is InChI=1S/C35H48O8/c1-9-19-38-31(23-42-33(36)25(3)4)21-40-29-15-11-27(12-16-29)35(7,8)28-13-17-30(18-14-28)41-22-32(39-20-10-2)24-43-34(37)26(5)6/h11-18,31-32H,3,5,9-10,19-24H2,1-2,4,6-8H3. The van der Waals surface area contributed by atoms with Gasteiger partial charge in [-0.3, -0.25) is 0 Å². The fourth-order valence-corrected chi connectivity index (χ4v) is 3.92. The molecule has 0 saturated carbocycles. The van der Waals surface area contributed by atoms with Gasteiger partial charge in [0.05, 0.1) is 0 Å². The molecule has 0 aliphatic heterocycles. The number of hydrogen-bond acceptors (Lipinski definition) is 8. The summed E-state index contributed by atoms with van der Waals surface area (Å²) in [6.07, 6.45) is 0.950. The second-order valence-corrected chi connectivity index (χ2v) is 11.0. The van der Waals surface area contributed by atoms with Gasteiger partial charge < -0.3 is 28.4 Å². The van der Waals surface area contributed by atoms with Crippen LogP contribution >= 0.6 is 0 Å². The Hall–Kier alpha value is -3.62. The van der Waals surface area contributed by atoms with Crippen LogP contribution in [-0.4, -0.2) is 63.8 Å². The SMILES string of the molecule is C=C(C)C(=O)OCC(COc1ccc(C(C)(C)c2ccc(OCC(COC(=O)C(=C)C)OCCC)cc2)cc1)OCCC. The van der Waals surface area contributed by atoms with E-state index < -0.39 is 11.9 Å². The lowest BCUT2D eigenvalue weighted by molar-refractivity contribution is -0.144. The van der Waals surface area contributed by atoms with Gasteiger partial charge in [-0.2, -0.15) is 0 Å². The Morgan fingerprint density at radius 2 is 1.00 bits per heavy atom. The zero-order valence-corrected chi connectivity index (χ0v) is 26.6. The van der Waals surface area contributed by atoms with Crippen molar-refractivity contribution < 1.29 is 38.0 Å². The molecule has 0 radical (unpaired) electrons. The third-order valence-corrected chi connectivity index (χ3v) is 6.64. The molecular weight excluding hydrogens is 548 g/mol. The van der Waals surface area contributed by atoms with Crippen molar-refractivity contribution in [2.75, 3.05) is 39.6 Å². The highest BCUT2D eigenvalue weighted by molar-refractivity contribution is 5.87. The first-order valence-electron chi connectivity index (χ1n) is 14.8. The van der Waals surface area contributed by atoms with Crippen LogP contribution in [0.5, 0.6) is 11.5 Å². The quantitative estimate of drug-likeness (QED) is 0.125. The lowest BCUT2D eigenvalue weighted by Crippen LogP contribution is -2.29. The van der Waals surface area contributed by atoms with Crippen LogP contribution in [0.25, 0.3) is 0 Å². The second-order valence-electron chi connectivity index (χ2n) is 11.0. The van der Waals surface area contributed by atoms with E-state index in [1.54, 1.807) is 13.8 Å². The summed E-state index contributed by atoms with van der Waals surface area (Å²) in [5, 5.41) is 0. The Labute approximate surface area is 257 Å². The zero-order chi connectivity index (χ0) is 31.8. The smallest absolute Gasteiger partial charge is 0.333 e. The molecule has 0 aromatic heterocycles. The molecule has 0 aliphatic rings. The van der Waals surface area contributed by atoms with Crippen molar-refractivity contribution in [3.8, 4) is 11.5 Å². The van der Waals surface area contributed by atoms with Crippen LogP contribution in [0.2, 0.25) is 0 Å². The van der Waals surface area contributed by atoms with Crippen molar-refractivity contribution in [2.45, 2.75) is 72.0 Å². The summed E-state index contributed by atoms with van der Waals surface area (Å²) in [6, 6.07) is 15.9. The first kappa shape index (κ1) is 35.6. The molecule has 0 amide bonds. The van der Waals surface area contributed by atoms with Crippen LogP contribution in [0.3, 0.4) is 0 Å². The average molecular weight is 597 g/mol. The minimum absolute atomic E-state index is 0.103. The van der Waals surface area contributed by atoms with E-state index in [1.807, 2.05) is 62.4 Å². The molecule has 8 heteroatoms. The van der Waals surface area contributed by atoms with Crippen molar-refractivity contribution in [3.05, 3.63) is 84.0 Å². The summed E-state index contributed by atoms with van der Waals surface area (Å²) in [4.78, 5) is 23.5. The van der Waals surface area contributed by atoms with E-state index in [1.165, 1.54) is 0 Å². The molecule has 2 rings (SSSR count). The second kappa shape index (κ2) is 18.1. The molecule has 0 heterocycles. The van der Waals surface area contributed by atoms with Crippen molar-refractivity contribution in [1.29, 1.82) is 0 Å². The number of carbonyl (C=O) groups excluding carboxylic acids is 2. The van der Waals surface area contributed by atoms with Gasteiger partial charge in [-0.25, -0.2) is 9.59 Å². The first-order chi connectivity index (χ1) is 20.5. The summed E-state index contributed by atoms with van der Waals surface area (Å²) in [5.41, 5.74) is 2.66. The summed E-state index contributed by atoms with van der Waals surface area (Å²) in [7, 11) is 0. The van der Waals surface area contributed by atoms with Gasteiger partial charge in [-0.1, -0.05) is 65.1 Å². The molecule has 0 saturated heterocycles. The van der Waals surface area contributed by atoms with E-state index in [4.69, 9.17) is 28.4 Å². The van der Waals surface area contributed by atoms with Gasteiger partial charge in [-0.15, -0.1) is 0 Å². The van der Waals surface area contributed by atoms with Gasteiger partial charge >= 0.3 is 11.9 Å². The molecule has 0 bridgehead atoms. The third-order valence-electron chi connectivity index (χ3n) is 6.64. The molecule has 0 spiro atoms. The number of hydrogen-bond donors (Lipinski definition) is 0. The van der Waals surface area contributed by atoms with E-state index in [9.17, 15) is 9.59 Å². The Morgan fingerprint density at radius 3 is 1.30 bits per heavy atom. The highest BCUT2D eigenvalue weighted by Gasteiger charge is 2.24. The van der Waals surface area contributed by atoms with Crippen LogP contribution in [0.15, 0.2) is 72.8 Å². The van der Waals surface area contributed by atoms with E-state index in [0.29, 0.717) is 35.9 Å². The van der Waals surface area contributed by atoms with Gasteiger partial charge in [0.2, 0.25) is 0 Å². The molecule has 236 valence electrons. The Kier molecular flexibility index (Phi) is 15.0. The van der Waals surface area contributed by atoms with E-state index in [0.717, 1.165) is 24.0 Å². The molecule has 2 aromatic rings. The molecule has 2 atom stereocenters. The fourth-order valence-electron chi connectivity index (χ4n) is 3.92. The molecule has 43 heavy (non-hydrogen) atoms. The maximum absolute atomic E-state index is 11.8.